The third-order valence-corrected chi connectivity index (χ3v) is 7.37. The first-order chi connectivity index (χ1) is 17.3. The van der Waals surface area contributed by atoms with Gasteiger partial charge in [0.2, 0.25) is 0 Å². The van der Waals surface area contributed by atoms with Crippen LogP contribution in [0, 0.1) is 25.6 Å². The van der Waals surface area contributed by atoms with E-state index in [0.717, 1.165) is 37.1 Å². The molecule has 1 unspecified atom stereocenters. The molecule has 3 aromatic rings. The summed E-state index contributed by atoms with van der Waals surface area (Å²) in [4.78, 5) is 13.1. The maximum atomic E-state index is 14.9. The topological polar surface area (TPSA) is 49.8 Å². The number of benzene rings is 3. The molecule has 0 radical (unpaired) electrons. The van der Waals surface area contributed by atoms with Crippen molar-refractivity contribution in [1.29, 1.82) is 0 Å². The first-order valence-electron chi connectivity index (χ1n) is 12.5. The molecule has 0 saturated carbocycles. The average Bonchev–Trinajstić information content (AvgIpc) is 2.83. The number of carbonyl (C=O) groups is 1. The van der Waals surface area contributed by atoms with E-state index in [1.165, 1.54) is 16.7 Å². The summed E-state index contributed by atoms with van der Waals surface area (Å²) in [5, 5.41) is 9.17. The van der Waals surface area contributed by atoms with E-state index in [4.69, 9.17) is 21.4 Å². The molecular formula is C30H33ClFNO3. The lowest BCUT2D eigenvalue weighted by atomic mass is 9.87. The Balaban J connectivity index is 1.31. The highest BCUT2D eigenvalue weighted by atomic mass is 35.5. The fourth-order valence-corrected chi connectivity index (χ4v) is 4.92. The number of rotatable bonds is 11. The number of aliphatic carboxylic acids is 1. The molecule has 4 nitrogen and oxygen atoms in total. The van der Waals surface area contributed by atoms with Gasteiger partial charge in [-0.05, 0) is 85.0 Å². The minimum atomic E-state index is -0.718. The second-order valence-electron chi connectivity index (χ2n) is 9.83. The van der Waals surface area contributed by atoms with Crippen molar-refractivity contribution >= 4 is 17.6 Å². The van der Waals surface area contributed by atoms with Gasteiger partial charge in [-0.1, -0.05) is 54.1 Å². The van der Waals surface area contributed by atoms with Crippen LogP contribution in [0.15, 0.2) is 60.7 Å². The minimum Gasteiger partial charge on any atom is -0.494 e. The molecule has 0 aromatic heterocycles. The van der Waals surface area contributed by atoms with Gasteiger partial charge in [0.25, 0.3) is 0 Å². The average molecular weight is 510 g/mol. The zero-order valence-electron chi connectivity index (χ0n) is 20.8. The van der Waals surface area contributed by atoms with Crippen molar-refractivity contribution in [2.75, 3.05) is 19.7 Å². The Bertz CT molecular complexity index is 1190. The molecule has 1 saturated heterocycles. The van der Waals surface area contributed by atoms with E-state index < -0.39 is 5.97 Å². The van der Waals surface area contributed by atoms with Crippen molar-refractivity contribution in [2.45, 2.75) is 45.6 Å². The summed E-state index contributed by atoms with van der Waals surface area (Å²) in [6.07, 6.45) is 2.31. The quantitative estimate of drug-likeness (QED) is 0.289. The van der Waals surface area contributed by atoms with Crippen LogP contribution in [-0.2, 0) is 17.8 Å². The highest BCUT2D eigenvalue weighted by Crippen LogP contribution is 2.31. The van der Waals surface area contributed by atoms with Crippen LogP contribution in [-0.4, -0.2) is 35.7 Å². The van der Waals surface area contributed by atoms with Gasteiger partial charge in [-0.2, -0.15) is 0 Å². The molecule has 36 heavy (non-hydrogen) atoms. The standard InChI is InChI=1S/C30H33ClFNO3/c1-20-8-9-23(15-21(20)2)16-24(27-6-3-7-28(31)29(27)32)5-4-14-36-26-12-10-22(11-13-26)17-33-18-25(19-33)30(34)35/h3,6-13,15,24-25H,4-5,14,16-19H2,1-2H3,(H,34,35). The summed E-state index contributed by atoms with van der Waals surface area (Å²) in [5.74, 6) is -0.495. The number of hydrogen-bond donors (Lipinski definition) is 1. The number of hydrogen-bond acceptors (Lipinski definition) is 3. The van der Waals surface area contributed by atoms with Gasteiger partial charge < -0.3 is 9.84 Å². The molecule has 3 aromatic carbocycles. The summed E-state index contributed by atoms with van der Waals surface area (Å²) in [6.45, 7) is 6.68. The minimum absolute atomic E-state index is 0.00272. The van der Waals surface area contributed by atoms with Crippen LogP contribution >= 0.6 is 11.6 Å². The molecule has 1 heterocycles. The van der Waals surface area contributed by atoms with Gasteiger partial charge in [0, 0.05) is 19.6 Å². The van der Waals surface area contributed by atoms with Gasteiger partial charge in [0.1, 0.15) is 11.6 Å². The molecule has 0 bridgehead atoms. The molecule has 190 valence electrons. The first-order valence-corrected chi connectivity index (χ1v) is 12.8. The predicted octanol–water partition coefficient (Wildman–Crippen LogP) is 6.80. The van der Waals surface area contributed by atoms with Crippen LogP contribution in [0.3, 0.4) is 0 Å². The fourth-order valence-electron chi connectivity index (χ4n) is 4.74. The SMILES string of the molecule is Cc1ccc(CC(CCCOc2ccc(CN3CC(C(=O)O)C3)cc2)c2cccc(Cl)c2F)cc1C. The van der Waals surface area contributed by atoms with E-state index in [0.29, 0.717) is 25.3 Å². The summed E-state index contributed by atoms with van der Waals surface area (Å²) in [7, 11) is 0. The Morgan fingerprint density at radius 1 is 1.08 bits per heavy atom. The fraction of sp³-hybridized carbons (Fsp3) is 0.367. The molecule has 0 amide bonds. The Kier molecular flexibility index (Phi) is 8.65. The van der Waals surface area contributed by atoms with Crippen molar-refractivity contribution in [2.24, 2.45) is 5.92 Å². The van der Waals surface area contributed by atoms with Crippen molar-refractivity contribution in [3.8, 4) is 5.75 Å². The van der Waals surface area contributed by atoms with Crippen LogP contribution in [0.5, 0.6) is 5.75 Å². The molecule has 1 N–H and O–H groups in total. The highest BCUT2D eigenvalue weighted by molar-refractivity contribution is 6.30. The molecule has 0 spiro atoms. The lowest BCUT2D eigenvalue weighted by Gasteiger charge is -2.36. The lowest BCUT2D eigenvalue weighted by molar-refractivity contribution is -0.147. The van der Waals surface area contributed by atoms with Gasteiger partial charge >= 0.3 is 5.97 Å². The van der Waals surface area contributed by atoms with Gasteiger partial charge in [-0.15, -0.1) is 0 Å². The molecule has 6 heteroatoms. The number of ether oxygens (including phenoxy) is 1. The van der Waals surface area contributed by atoms with Crippen molar-refractivity contribution in [3.63, 3.8) is 0 Å². The number of aryl methyl sites for hydroxylation is 2. The Labute approximate surface area is 217 Å². The van der Waals surface area contributed by atoms with Gasteiger partial charge in [-0.25, -0.2) is 4.39 Å². The van der Waals surface area contributed by atoms with E-state index in [9.17, 15) is 9.18 Å². The van der Waals surface area contributed by atoms with E-state index in [1.54, 1.807) is 6.07 Å². The second kappa shape index (κ2) is 11.9. The van der Waals surface area contributed by atoms with E-state index >= 15 is 0 Å². The number of carboxylic acids is 1. The highest BCUT2D eigenvalue weighted by Gasteiger charge is 2.32. The maximum Gasteiger partial charge on any atom is 0.309 e. The second-order valence-corrected chi connectivity index (χ2v) is 10.2. The van der Waals surface area contributed by atoms with Crippen LogP contribution in [0.2, 0.25) is 5.02 Å². The predicted molar refractivity (Wildman–Crippen MR) is 141 cm³/mol. The number of carboxylic acid groups (broad SMARTS) is 1. The maximum absolute atomic E-state index is 14.9. The number of likely N-dealkylation sites (tertiary alicyclic amines) is 1. The van der Waals surface area contributed by atoms with E-state index in [-0.39, 0.29) is 22.7 Å². The van der Waals surface area contributed by atoms with Crippen LogP contribution < -0.4 is 4.74 Å². The summed E-state index contributed by atoms with van der Waals surface area (Å²) < 4.78 is 20.9. The molecular weight excluding hydrogens is 477 g/mol. The van der Waals surface area contributed by atoms with Crippen molar-refractivity contribution in [3.05, 3.63) is 99.3 Å². The molecule has 1 aliphatic rings. The normalized spacial score (nSPS) is 14.9. The number of nitrogens with zero attached hydrogens (tertiary/aromatic N) is 1. The lowest BCUT2D eigenvalue weighted by Crippen LogP contribution is -2.49. The molecule has 4 rings (SSSR count). The van der Waals surface area contributed by atoms with E-state index in [2.05, 4.69) is 36.9 Å². The van der Waals surface area contributed by atoms with Crippen LogP contribution in [0.4, 0.5) is 4.39 Å². The Hall–Kier alpha value is -2.89. The number of halogens is 2. The summed E-state index contributed by atoms with van der Waals surface area (Å²) in [6, 6.07) is 19.6. The monoisotopic (exact) mass is 509 g/mol. The van der Waals surface area contributed by atoms with E-state index in [1.807, 2.05) is 36.4 Å². The van der Waals surface area contributed by atoms with Gasteiger partial charge in [0.15, 0.2) is 0 Å². The van der Waals surface area contributed by atoms with Crippen molar-refractivity contribution < 1.29 is 19.0 Å². The summed E-state index contributed by atoms with van der Waals surface area (Å²) in [5.41, 5.74) is 5.46. The molecule has 0 aliphatic carbocycles. The zero-order chi connectivity index (χ0) is 25.7. The molecule has 1 aliphatic heterocycles. The largest absolute Gasteiger partial charge is 0.494 e. The first kappa shape index (κ1) is 26.2. The van der Waals surface area contributed by atoms with Gasteiger partial charge in [0.05, 0.1) is 17.5 Å². The third-order valence-electron chi connectivity index (χ3n) is 7.08. The molecule has 1 fully saturated rings. The third kappa shape index (κ3) is 6.65. The Morgan fingerprint density at radius 3 is 2.50 bits per heavy atom. The van der Waals surface area contributed by atoms with Crippen molar-refractivity contribution in [1.82, 2.24) is 4.90 Å². The smallest absolute Gasteiger partial charge is 0.309 e. The van der Waals surface area contributed by atoms with Crippen LogP contribution in [0.1, 0.15) is 46.6 Å². The Morgan fingerprint density at radius 2 is 1.81 bits per heavy atom. The zero-order valence-corrected chi connectivity index (χ0v) is 21.6. The van der Waals surface area contributed by atoms with Crippen LogP contribution in [0.25, 0.3) is 0 Å². The van der Waals surface area contributed by atoms with Gasteiger partial charge in [-0.3, -0.25) is 9.69 Å². The summed E-state index contributed by atoms with van der Waals surface area (Å²) >= 11 is 6.10. The molecule has 1 atom stereocenters.